The average molecular weight is 401 g/mol. The number of nitrogens with zero attached hydrogens (tertiary/aromatic N) is 2. The van der Waals surface area contributed by atoms with E-state index in [-0.39, 0.29) is 22.4 Å². The van der Waals surface area contributed by atoms with Crippen LogP contribution in [0.15, 0.2) is 57.8 Å². The topological polar surface area (TPSA) is 111 Å². The Morgan fingerprint density at radius 2 is 1.68 bits per heavy atom. The lowest BCUT2D eigenvalue weighted by atomic mass is 10.2. The molecule has 0 aliphatic heterocycles. The zero-order valence-electron chi connectivity index (χ0n) is 15.5. The molecule has 0 atom stereocenters. The second-order valence-electron chi connectivity index (χ2n) is 6.21. The molecule has 0 saturated carbocycles. The standard InChI is InChI=1S/C19H19N3O5S/c1-12(2)28(24,25)16-10-6-13(7-11-16)17(23)20-19-22-21-18(27-19)14-4-8-15(26-3)9-5-14/h4-12H,1-3H3,(H,20,22,23). The Hall–Kier alpha value is -3.20. The van der Waals surface area contributed by atoms with Crippen LogP contribution in [0, 0.1) is 0 Å². The highest BCUT2D eigenvalue weighted by atomic mass is 32.2. The zero-order valence-corrected chi connectivity index (χ0v) is 16.4. The van der Waals surface area contributed by atoms with Gasteiger partial charge in [-0.1, -0.05) is 5.10 Å². The highest BCUT2D eigenvalue weighted by molar-refractivity contribution is 7.92. The summed E-state index contributed by atoms with van der Waals surface area (Å²) in [5.41, 5.74) is 0.948. The molecule has 3 aromatic rings. The fourth-order valence-electron chi connectivity index (χ4n) is 2.36. The quantitative estimate of drug-likeness (QED) is 0.675. The molecule has 8 nitrogen and oxygen atoms in total. The SMILES string of the molecule is COc1ccc(-c2nnc(NC(=O)c3ccc(S(=O)(=O)C(C)C)cc3)o2)cc1. The maximum absolute atomic E-state index is 12.3. The number of sulfone groups is 1. The third kappa shape index (κ3) is 4.04. The number of hydrogen-bond acceptors (Lipinski definition) is 7. The molecule has 1 heterocycles. The maximum Gasteiger partial charge on any atom is 0.322 e. The van der Waals surface area contributed by atoms with Gasteiger partial charge in [0.25, 0.3) is 5.91 Å². The number of rotatable bonds is 6. The van der Waals surface area contributed by atoms with E-state index in [9.17, 15) is 13.2 Å². The fraction of sp³-hybridized carbons (Fsp3) is 0.211. The molecule has 0 aliphatic carbocycles. The minimum absolute atomic E-state index is 0.0605. The van der Waals surface area contributed by atoms with Crippen molar-refractivity contribution >= 4 is 21.8 Å². The van der Waals surface area contributed by atoms with Gasteiger partial charge >= 0.3 is 6.01 Å². The number of amides is 1. The van der Waals surface area contributed by atoms with E-state index in [1.807, 2.05) is 0 Å². The lowest BCUT2D eigenvalue weighted by Gasteiger charge is -2.08. The van der Waals surface area contributed by atoms with Crippen LogP contribution >= 0.6 is 0 Å². The Morgan fingerprint density at radius 3 is 2.25 bits per heavy atom. The normalized spacial score (nSPS) is 11.4. The van der Waals surface area contributed by atoms with Gasteiger partial charge in [-0.15, -0.1) is 5.10 Å². The number of ether oxygens (including phenoxy) is 1. The van der Waals surface area contributed by atoms with Crippen LogP contribution in [-0.4, -0.2) is 36.9 Å². The van der Waals surface area contributed by atoms with Crippen LogP contribution in [-0.2, 0) is 9.84 Å². The largest absolute Gasteiger partial charge is 0.497 e. The van der Waals surface area contributed by atoms with Crippen molar-refractivity contribution in [2.24, 2.45) is 0 Å². The minimum atomic E-state index is -3.39. The summed E-state index contributed by atoms with van der Waals surface area (Å²) in [6, 6.07) is 12.6. The van der Waals surface area contributed by atoms with Gasteiger partial charge < -0.3 is 9.15 Å². The van der Waals surface area contributed by atoms with E-state index in [4.69, 9.17) is 9.15 Å². The van der Waals surface area contributed by atoms with Crippen molar-refractivity contribution in [1.82, 2.24) is 10.2 Å². The first-order valence-corrected chi connectivity index (χ1v) is 9.99. The van der Waals surface area contributed by atoms with E-state index in [0.29, 0.717) is 11.3 Å². The van der Waals surface area contributed by atoms with Gasteiger partial charge in [-0.25, -0.2) is 8.42 Å². The molecular formula is C19H19N3O5S. The second-order valence-corrected chi connectivity index (χ2v) is 8.72. The van der Waals surface area contributed by atoms with Crippen molar-refractivity contribution in [2.75, 3.05) is 12.4 Å². The molecule has 3 rings (SSSR count). The van der Waals surface area contributed by atoms with Crippen molar-refractivity contribution in [1.29, 1.82) is 0 Å². The number of carbonyl (C=O) groups is 1. The first-order valence-electron chi connectivity index (χ1n) is 8.44. The van der Waals surface area contributed by atoms with Crippen molar-refractivity contribution in [3.63, 3.8) is 0 Å². The molecule has 2 aromatic carbocycles. The molecule has 1 N–H and O–H groups in total. The molecule has 0 radical (unpaired) electrons. The molecule has 1 amide bonds. The predicted molar refractivity (Wildman–Crippen MR) is 103 cm³/mol. The Balaban J connectivity index is 1.72. The van der Waals surface area contributed by atoms with Crippen molar-refractivity contribution in [3.8, 4) is 17.2 Å². The van der Waals surface area contributed by atoms with Gasteiger partial charge in [0.2, 0.25) is 5.89 Å². The average Bonchev–Trinajstić information content (AvgIpc) is 3.16. The summed E-state index contributed by atoms with van der Waals surface area (Å²) < 4.78 is 34.8. The first kappa shape index (κ1) is 19.6. The molecule has 146 valence electrons. The molecule has 0 fully saturated rings. The molecule has 0 spiro atoms. The highest BCUT2D eigenvalue weighted by Crippen LogP contribution is 2.23. The van der Waals surface area contributed by atoms with Gasteiger partial charge in [0.15, 0.2) is 9.84 Å². The van der Waals surface area contributed by atoms with E-state index >= 15 is 0 Å². The van der Waals surface area contributed by atoms with Crippen LogP contribution in [0.3, 0.4) is 0 Å². The number of anilines is 1. The van der Waals surface area contributed by atoms with Crippen LogP contribution in [0.5, 0.6) is 5.75 Å². The molecule has 28 heavy (non-hydrogen) atoms. The summed E-state index contributed by atoms with van der Waals surface area (Å²) in [7, 11) is -1.82. The molecule has 9 heteroatoms. The molecule has 0 saturated heterocycles. The number of benzene rings is 2. The summed E-state index contributed by atoms with van der Waals surface area (Å²) in [4.78, 5) is 12.5. The van der Waals surface area contributed by atoms with Gasteiger partial charge in [0.1, 0.15) is 5.75 Å². The monoisotopic (exact) mass is 401 g/mol. The first-order chi connectivity index (χ1) is 13.3. The van der Waals surface area contributed by atoms with E-state index < -0.39 is 21.0 Å². The minimum Gasteiger partial charge on any atom is -0.497 e. The van der Waals surface area contributed by atoms with Crippen LogP contribution < -0.4 is 10.1 Å². The fourth-order valence-corrected chi connectivity index (χ4v) is 3.42. The van der Waals surface area contributed by atoms with E-state index in [1.165, 1.54) is 24.3 Å². The Morgan fingerprint density at radius 1 is 1.04 bits per heavy atom. The molecule has 0 bridgehead atoms. The number of methoxy groups -OCH3 is 1. The van der Waals surface area contributed by atoms with Crippen LogP contribution in [0.4, 0.5) is 6.01 Å². The molecule has 1 aromatic heterocycles. The summed E-state index contributed by atoms with van der Waals surface area (Å²) in [5.74, 6) is 0.453. The Kier molecular flexibility index (Phi) is 5.46. The van der Waals surface area contributed by atoms with Gasteiger partial charge in [-0.3, -0.25) is 10.1 Å². The predicted octanol–water partition coefficient (Wildman–Crippen LogP) is 3.18. The van der Waals surface area contributed by atoms with Gasteiger partial charge in [-0.2, -0.15) is 0 Å². The Bertz CT molecular complexity index is 1070. The summed E-state index contributed by atoms with van der Waals surface area (Å²) >= 11 is 0. The van der Waals surface area contributed by atoms with Crippen molar-refractivity contribution in [3.05, 3.63) is 54.1 Å². The second kappa shape index (κ2) is 7.81. The molecule has 0 unspecified atom stereocenters. The molecular weight excluding hydrogens is 382 g/mol. The molecule has 0 aliphatic rings. The lowest BCUT2D eigenvalue weighted by molar-refractivity contribution is 0.102. The summed E-state index contributed by atoms with van der Waals surface area (Å²) in [5, 5.41) is 9.67. The van der Waals surface area contributed by atoms with Crippen molar-refractivity contribution in [2.45, 2.75) is 24.0 Å². The van der Waals surface area contributed by atoms with Crippen LogP contribution in [0.2, 0.25) is 0 Å². The zero-order chi connectivity index (χ0) is 20.3. The Labute approximate surface area is 162 Å². The third-order valence-corrected chi connectivity index (χ3v) is 6.22. The number of hydrogen-bond donors (Lipinski definition) is 1. The number of nitrogens with one attached hydrogen (secondary N) is 1. The third-order valence-electron chi connectivity index (χ3n) is 4.05. The summed E-state index contributed by atoms with van der Waals surface area (Å²) in [6.45, 7) is 3.21. The van der Waals surface area contributed by atoms with E-state index in [2.05, 4.69) is 15.5 Å². The van der Waals surface area contributed by atoms with Gasteiger partial charge in [0.05, 0.1) is 17.3 Å². The number of carbonyl (C=O) groups excluding carboxylic acids is 1. The highest BCUT2D eigenvalue weighted by Gasteiger charge is 2.20. The van der Waals surface area contributed by atoms with Gasteiger partial charge in [-0.05, 0) is 62.4 Å². The van der Waals surface area contributed by atoms with E-state index in [1.54, 1.807) is 45.2 Å². The summed E-state index contributed by atoms with van der Waals surface area (Å²) in [6.07, 6.45) is 0. The lowest BCUT2D eigenvalue weighted by Crippen LogP contribution is -2.15. The van der Waals surface area contributed by atoms with Crippen LogP contribution in [0.25, 0.3) is 11.5 Å². The number of aromatic nitrogens is 2. The maximum atomic E-state index is 12.3. The van der Waals surface area contributed by atoms with Crippen molar-refractivity contribution < 1.29 is 22.4 Å². The van der Waals surface area contributed by atoms with Crippen LogP contribution in [0.1, 0.15) is 24.2 Å². The van der Waals surface area contributed by atoms with Gasteiger partial charge in [0, 0.05) is 11.1 Å². The smallest absolute Gasteiger partial charge is 0.322 e. The van der Waals surface area contributed by atoms with E-state index in [0.717, 1.165) is 0 Å².